The van der Waals surface area contributed by atoms with Crippen LogP contribution in [0, 0.1) is 0 Å². The highest BCUT2D eigenvalue weighted by atomic mass is 16.6. The summed E-state index contributed by atoms with van der Waals surface area (Å²) in [5.74, 6) is 0.565. The van der Waals surface area contributed by atoms with Crippen molar-refractivity contribution in [1.29, 1.82) is 0 Å². The predicted octanol–water partition coefficient (Wildman–Crippen LogP) is 1.07. The van der Waals surface area contributed by atoms with Gasteiger partial charge in [0.05, 0.1) is 19.0 Å². The topological polar surface area (TPSA) is 43.7 Å². The molecule has 0 aliphatic rings. The highest BCUT2D eigenvalue weighted by Gasteiger charge is 1.92. The molecule has 0 amide bonds. The SMILES string of the molecule is CO/N=C/c1cccc(OC)n1. The number of pyridine rings is 1. The van der Waals surface area contributed by atoms with E-state index in [1.165, 1.54) is 13.3 Å². The van der Waals surface area contributed by atoms with Gasteiger partial charge >= 0.3 is 0 Å². The standard InChI is InChI=1S/C8H10N2O2/c1-11-8-5-3-4-7(10-8)6-9-12-2/h3-6H,1-2H3/b9-6+. The molecule has 4 nitrogen and oxygen atoms in total. The highest BCUT2D eigenvalue weighted by molar-refractivity contribution is 5.76. The minimum absolute atomic E-state index is 0.565. The first kappa shape index (κ1) is 8.52. The molecule has 0 bridgehead atoms. The molecule has 0 aromatic carbocycles. The Hall–Kier alpha value is -1.58. The molecule has 4 heteroatoms. The molecule has 0 aliphatic carbocycles. The van der Waals surface area contributed by atoms with Crippen molar-refractivity contribution in [3.05, 3.63) is 23.9 Å². The monoisotopic (exact) mass is 166 g/mol. The van der Waals surface area contributed by atoms with Crippen molar-refractivity contribution in [3.63, 3.8) is 0 Å². The molecule has 1 rings (SSSR count). The van der Waals surface area contributed by atoms with Crippen LogP contribution in [-0.4, -0.2) is 25.4 Å². The summed E-state index contributed by atoms with van der Waals surface area (Å²) in [6.45, 7) is 0. The minimum atomic E-state index is 0.565. The van der Waals surface area contributed by atoms with Gasteiger partial charge in [0.1, 0.15) is 7.11 Å². The lowest BCUT2D eigenvalue weighted by atomic mass is 10.4. The van der Waals surface area contributed by atoms with Crippen LogP contribution in [-0.2, 0) is 4.84 Å². The summed E-state index contributed by atoms with van der Waals surface area (Å²) >= 11 is 0. The summed E-state index contributed by atoms with van der Waals surface area (Å²) in [5, 5.41) is 3.57. The van der Waals surface area contributed by atoms with Crippen LogP contribution in [0.25, 0.3) is 0 Å². The van der Waals surface area contributed by atoms with Gasteiger partial charge in [0.2, 0.25) is 5.88 Å². The number of ether oxygens (including phenoxy) is 1. The van der Waals surface area contributed by atoms with Crippen LogP contribution in [0.2, 0.25) is 0 Å². The number of aromatic nitrogens is 1. The van der Waals surface area contributed by atoms with Gasteiger partial charge in [0.15, 0.2) is 0 Å². The van der Waals surface area contributed by atoms with Gasteiger partial charge in [0.25, 0.3) is 0 Å². The molecule has 0 fully saturated rings. The normalized spacial score (nSPS) is 10.2. The third kappa shape index (κ3) is 2.23. The fourth-order valence-electron chi connectivity index (χ4n) is 0.723. The molecule has 64 valence electrons. The Kier molecular flexibility index (Phi) is 3.07. The van der Waals surface area contributed by atoms with E-state index in [-0.39, 0.29) is 0 Å². The lowest BCUT2D eigenvalue weighted by molar-refractivity contribution is 0.215. The maximum Gasteiger partial charge on any atom is 0.213 e. The first-order chi connectivity index (χ1) is 5.86. The van der Waals surface area contributed by atoms with Crippen LogP contribution in [0.5, 0.6) is 5.88 Å². The molecule has 0 saturated heterocycles. The van der Waals surface area contributed by atoms with Crippen molar-refractivity contribution in [3.8, 4) is 5.88 Å². The van der Waals surface area contributed by atoms with Crippen LogP contribution in [0.3, 0.4) is 0 Å². The number of oxime groups is 1. The second-order valence-corrected chi connectivity index (χ2v) is 2.02. The molecule has 0 spiro atoms. The van der Waals surface area contributed by atoms with E-state index in [0.717, 1.165) is 0 Å². The molecule has 1 aromatic rings. The zero-order chi connectivity index (χ0) is 8.81. The Morgan fingerprint density at radius 3 is 2.92 bits per heavy atom. The van der Waals surface area contributed by atoms with E-state index < -0.39 is 0 Å². The summed E-state index contributed by atoms with van der Waals surface area (Å²) < 4.78 is 4.92. The Labute approximate surface area is 70.8 Å². The molecule has 12 heavy (non-hydrogen) atoms. The largest absolute Gasteiger partial charge is 0.481 e. The summed E-state index contributed by atoms with van der Waals surface area (Å²) in [7, 11) is 3.05. The lowest BCUT2D eigenvalue weighted by Gasteiger charge is -1.97. The first-order valence-corrected chi connectivity index (χ1v) is 3.44. The molecular formula is C8H10N2O2. The smallest absolute Gasteiger partial charge is 0.213 e. The summed E-state index contributed by atoms with van der Waals surface area (Å²) in [6.07, 6.45) is 1.52. The number of nitrogens with zero attached hydrogens (tertiary/aromatic N) is 2. The van der Waals surface area contributed by atoms with Crippen LogP contribution in [0.4, 0.5) is 0 Å². The Balaban J connectivity index is 2.79. The minimum Gasteiger partial charge on any atom is -0.481 e. The number of methoxy groups -OCH3 is 1. The van der Waals surface area contributed by atoms with E-state index in [0.29, 0.717) is 11.6 Å². The second kappa shape index (κ2) is 4.33. The van der Waals surface area contributed by atoms with Crippen molar-refractivity contribution in [2.75, 3.05) is 14.2 Å². The Morgan fingerprint density at radius 1 is 1.42 bits per heavy atom. The van der Waals surface area contributed by atoms with Crippen molar-refractivity contribution >= 4 is 6.21 Å². The zero-order valence-electron chi connectivity index (χ0n) is 7.02. The molecule has 1 heterocycles. The number of hydrogen-bond donors (Lipinski definition) is 0. The van der Waals surface area contributed by atoms with Crippen molar-refractivity contribution in [1.82, 2.24) is 4.98 Å². The van der Waals surface area contributed by atoms with Gasteiger partial charge in [-0.25, -0.2) is 4.98 Å². The zero-order valence-corrected chi connectivity index (χ0v) is 7.02. The number of hydrogen-bond acceptors (Lipinski definition) is 4. The molecule has 0 saturated carbocycles. The lowest BCUT2D eigenvalue weighted by Crippen LogP contribution is -1.91. The molecule has 0 radical (unpaired) electrons. The maximum atomic E-state index is 4.92. The van der Waals surface area contributed by atoms with Crippen LogP contribution in [0.15, 0.2) is 23.4 Å². The van der Waals surface area contributed by atoms with Crippen molar-refractivity contribution < 1.29 is 9.57 Å². The molecule has 0 atom stereocenters. The van der Waals surface area contributed by atoms with Gasteiger partial charge in [0, 0.05) is 6.07 Å². The molecule has 0 aliphatic heterocycles. The molecule has 0 unspecified atom stereocenters. The van der Waals surface area contributed by atoms with Gasteiger partial charge in [-0.15, -0.1) is 0 Å². The van der Waals surface area contributed by atoms with Gasteiger partial charge in [-0.3, -0.25) is 0 Å². The van der Waals surface area contributed by atoms with E-state index in [1.54, 1.807) is 13.2 Å². The van der Waals surface area contributed by atoms with Gasteiger partial charge in [-0.1, -0.05) is 11.2 Å². The maximum absolute atomic E-state index is 4.92. The van der Waals surface area contributed by atoms with Crippen LogP contribution >= 0.6 is 0 Å². The van der Waals surface area contributed by atoms with E-state index >= 15 is 0 Å². The molecule has 1 aromatic heterocycles. The van der Waals surface area contributed by atoms with E-state index in [2.05, 4.69) is 15.0 Å². The average molecular weight is 166 g/mol. The van der Waals surface area contributed by atoms with Crippen molar-refractivity contribution in [2.45, 2.75) is 0 Å². The van der Waals surface area contributed by atoms with E-state index in [1.807, 2.05) is 12.1 Å². The summed E-state index contributed by atoms with van der Waals surface area (Å²) in [6, 6.07) is 5.41. The fourth-order valence-corrected chi connectivity index (χ4v) is 0.723. The van der Waals surface area contributed by atoms with Crippen molar-refractivity contribution in [2.24, 2.45) is 5.16 Å². The Morgan fingerprint density at radius 2 is 2.25 bits per heavy atom. The summed E-state index contributed by atoms with van der Waals surface area (Å²) in [5.41, 5.74) is 0.705. The highest BCUT2D eigenvalue weighted by Crippen LogP contribution is 2.04. The first-order valence-electron chi connectivity index (χ1n) is 3.44. The second-order valence-electron chi connectivity index (χ2n) is 2.02. The third-order valence-corrected chi connectivity index (χ3v) is 1.24. The van der Waals surface area contributed by atoms with Gasteiger partial charge in [-0.2, -0.15) is 0 Å². The average Bonchev–Trinajstić information content (AvgIpc) is 2.15. The fraction of sp³-hybridized carbons (Fsp3) is 0.250. The van der Waals surface area contributed by atoms with E-state index in [4.69, 9.17) is 4.74 Å². The van der Waals surface area contributed by atoms with Gasteiger partial charge in [-0.05, 0) is 6.07 Å². The predicted molar refractivity (Wildman–Crippen MR) is 45.4 cm³/mol. The quantitative estimate of drug-likeness (QED) is 0.498. The molecular weight excluding hydrogens is 156 g/mol. The summed E-state index contributed by atoms with van der Waals surface area (Å²) in [4.78, 5) is 8.59. The molecule has 0 N–H and O–H groups in total. The van der Waals surface area contributed by atoms with Crippen LogP contribution < -0.4 is 4.74 Å². The number of rotatable bonds is 3. The Bertz CT molecular complexity index is 274. The van der Waals surface area contributed by atoms with Gasteiger partial charge < -0.3 is 9.57 Å². The van der Waals surface area contributed by atoms with Crippen LogP contribution in [0.1, 0.15) is 5.69 Å². The van der Waals surface area contributed by atoms with E-state index in [9.17, 15) is 0 Å². The third-order valence-electron chi connectivity index (χ3n) is 1.24.